The summed E-state index contributed by atoms with van der Waals surface area (Å²) in [7, 11) is 0. The van der Waals surface area contributed by atoms with E-state index in [1.165, 1.54) is 6.92 Å². The van der Waals surface area contributed by atoms with E-state index < -0.39 is 0 Å². The Labute approximate surface area is 102 Å². The van der Waals surface area contributed by atoms with E-state index in [1.54, 1.807) is 6.07 Å². The monoisotopic (exact) mass is 231 g/mol. The third-order valence-electron chi connectivity index (χ3n) is 2.29. The normalized spacial score (nSPS) is 9.65. The van der Waals surface area contributed by atoms with Crippen LogP contribution in [0.2, 0.25) is 0 Å². The van der Waals surface area contributed by atoms with Crippen LogP contribution < -0.4 is 10.6 Å². The van der Waals surface area contributed by atoms with E-state index in [-0.39, 0.29) is 5.91 Å². The van der Waals surface area contributed by atoms with Gasteiger partial charge < -0.3 is 10.6 Å². The fraction of sp³-hybridized carbons (Fsp3) is 0.385. The summed E-state index contributed by atoms with van der Waals surface area (Å²) < 4.78 is 0. The van der Waals surface area contributed by atoms with Crippen molar-refractivity contribution in [1.82, 2.24) is 10.6 Å². The predicted molar refractivity (Wildman–Crippen MR) is 66.2 cm³/mol. The predicted octanol–water partition coefficient (Wildman–Crippen LogP) is 1.17. The van der Waals surface area contributed by atoms with Gasteiger partial charge in [0.1, 0.15) is 0 Å². The number of benzene rings is 1. The molecule has 90 valence electrons. The molecular weight excluding hydrogens is 214 g/mol. The Kier molecular flexibility index (Phi) is 5.76. The standard InChI is InChI=1S/C13H17N3O/c1-11(17)16-7-3-6-15-10-13-5-2-4-12(8-13)9-14/h2,4-5,8,15H,3,6-7,10H2,1H3,(H,16,17). The van der Waals surface area contributed by atoms with Crippen LogP contribution in [0.5, 0.6) is 0 Å². The summed E-state index contributed by atoms with van der Waals surface area (Å²) in [5, 5.41) is 14.8. The van der Waals surface area contributed by atoms with E-state index in [0.717, 1.165) is 25.1 Å². The van der Waals surface area contributed by atoms with Gasteiger partial charge in [0, 0.05) is 20.0 Å². The average molecular weight is 231 g/mol. The van der Waals surface area contributed by atoms with Gasteiger partial charge in [-0.2, -0.15) is 5.26 Å². The van der Waals surface area contributed by atoms with Crippen molar-refractivity contribution in [1.29, 1.82) is 5.26 Å². The molecule has 4 heteroatoms. The molecule has 0 spiro atoms. The molecule has 0 fully saturated rings. The fourth-order valence-electron chi connectivity index (χ4n) is 1.46. The molecular formula is C13H17N3O. The van der Waals surface area contributed by atoms with Crippen LogP contribution in [0, 0.1) is 11.3 Å². The Morgan fingerprint density at radius 1 is 1.41 bits per heavy atom. The van der Waals surface area contributed by atoms with E-state index in [1.807, 2.05) is 18.2 Å². The van der Waals surface area contributed by atoms with Crippen molar-refractivity contribution in [2.75, 3.05) is 13.1 Å². The number of nitriles is 1. The number of carbonyl (C=O) groups excluding carboxylic acids is 1. The molecule has 0 radical (unpaired) electrons. The molecule has 0 saturated carbocycles. The van der Waals surface area contributed by atoms with Crippen molar-refractivity contribution in [3.63, 3.8) is 0 Å². The molecule has 0 aliphatic rings. The molecule has 0 aliphatic carbocycles. The van der Waals surface area contributed by atoms with Crippen molar-refractivity contribution in [2.24, 2.45) is 0 Å². The summed E-state index contributed by atoms with van der Waals surface area (Å²) in [6.45, 7) is 3.80. The Bertz CT molecular complexity index is 409. The summed E-state index contributed by atoms with van der Waals surface area (Å²) in [6, 6.07) is 9.65. The van der Waals surface area contributed by atoms with E-state index in [0.29, 0.717) is 12.1 Å². The minimum absolute atomic E-state index is 0.00622. The molecule has 0 saturated heterocycles. The smallest absolute Gasteiger partial charge is 0.216 e. The molecule has 0 bridgehead atoms. The zero-order chi connectivity index (χ0) is 12.5. The highest BCUT2D eigenvalue weighted by Gasteiger charge is 1.95. The van der Waals surface area contributed by atoms with Crippen molar-refractivity contribution in [3.05, 3.63) is 35.4 Å². The summed E-state index contributed by atoms with van der Waals surface area (Å²) in [5.74, 6) is 0.00622. The van der Waals surface area contributed by atoms with Gasteiger partial charge in [0.05, 0.1) is 11.6 Å². The Balaban J connectivity index is 2.18. The van der Waals surface area contributed by atoms with Crippen LogP contribution in [-0.4, -0.2) is 19.0 Å². The summed E-state index contributed by atoms with van der Waals surface area (Å²) >= 11 is 0. The van der Waals surface area contributed by atoms with E-state index in [2.05, 4.69) is 16.7 Å². The van der Waals surface area contributed by atoms with Gasteiger partial charge in [0.25, 0.3) is 0 Å². The fourth-order valence-corrected chi connectivity index (χ4v) is 1.46. The minimum atomic E-state index is 0.00622. The maximum Gasteiger partial charge on any atom is 0.216 e. The Morgan fingerprint density at radius 3 is 2.94 bits per heavy atom. The summed E-state index contributed by atoms with van der Waals surface area (Å²) in [4.78, 5) is 10.6. The lowest BCUT2D eigenvalue weighted by molar-refractivity contribution is -0.118. The molecule has 0 aliphatic heterocycles. The second-order valence-corrected chi connectivity index (χ2v) is 3.83. The first-order valence-corrected chi connectivity index (χ1v) is 5.66. The maximum absolute atomic E-state index is 10.6. The molecule has 1 rings (SSSR count). The topological polar surface area (TPSA) is 64.9 Å². The lowest BCUT2D eigenvalue weighted by Crippen LogP contribution is -2.24. The van der Waals surface area contributed by atoms with Crippen molar-refractivity contribution >= 4 is 5.91 Å². The first-order chi connectivity index (χ1) is 8.22. The third kappa shape index (κ3) is 5.69. The molecule has 2 N–H and O–H groups in total. The van der Waals surface area contributed by atoms with Crippen LogP contribution in [-0.2, 0) is 11.3 Å². The minimum Gasteiger partial charge on any atom is -0.356 e. The highest BCUT2D eigenvalue weighted by molar-refractivity contribution is 5.72. The van der Waals surface area contributed by atoms with Crippen LogP contribution in [0.25, 0.3) is 0 Å². The molecule has 1 aromatic carbocycles. The van der Waals surface area contributed by atoms with Crippen molar-refractivity contribution in [2.45, 2.75) is 19.9 Å². The second kappa shape index (κ2) is 7.42. The van der Waals surface area contributed by atoms with Crippen LogP contribution in [0.15, 0.2) is 24.3 Å². The summed E-state index contributed by atoms with van der Waals surface area (Å²) in [6.07, 6.45) is 0.900. The number of nitrogens with zero attached hydrogens (tertiary/aromatic N) is 1. The molecule has 0 unspecified atom stereocenters. The highest BCUT2D eigenvalue weighted by atomic mass is 16.1. The van der Waals surface area contributed by atoms with Gasteiger partial charge >= 0.3 is 0 Å². The van der Waals surface area contributed by atoms with Crippen LogP contribution >= 0.6 is 0 Å². The number of rotatable bonds is 6. The molecule has 0 atom stereocenters. The zero-order valence-corrected chi connectivity index (χ0v) is 9.99. The van der Waals surface area contributed by atoms with Crippen LogP contribution in [0.3, 0.4) is 0 Å². The van der Waals surface area contributed by atoms with E-state index in [9.17, 15) is 4.79 Å². The lowest BCUT2D eigenvalue weighted by atomic mass is 10.1. The van der Waals surface area contributed by atoms with Gasteiger partial charge in [-0.15, -0.1) is 0 Å². The number of hydrogen-bond acceptors (Lipinski definition) is 3. The lowest BCUT2D eigenvalue weighted by Gasteiger charge is -2.05. The Hall–Kier alpha value is -1.86. The molecule has 0 heterocycles. The molecule has 17 heavy (non-hydrogen) atoms. The van der Waals surface area contributed by atoms with Crippen LogP contribution in [0.1, 0.15) is 24.5 Å². The first-order valence-electron chi connectivity index (χ1n) is 5.66. The van der Waals surface area contributed by atoms with Gasteiger partial charge in [0.15, 0.2) is 0 Å². The van der Waals surface area contributed by atoms with E-state index in [4.69, 9.17) is 5.26 Å². The third-order valence-corrected chi connectivity index (χ3v) is 2.29. The number of carbonyl (C=O) groups is 1. The first kappa shape index (κ1) is 13.2. The number of hydrogen-bond donors (Lipinski definition) is 2. The summed E-state index contributed by atoms with van der Waals surface area (Å²) in [5.41, 5.74) is 1.78. The van der Waals surface area contributed by atoms with Crippen molar-refractivity contribution < 1.29 is 4.79 Å². The van der Waals surface area contributed by atoms with Gasteiger partial charge in [0.2, 0.25) is 5.91 Å². The highest BCUT2D eigenvalue weighted by Crippen LogP contribution is 2.03. The van der Waals surface area contributed by atoms with Gasteiger partial charge in [-0.3, -0.25) is 4.79 Å². The molecule has 4 nitrogen and oxygen atoms in total. The van der Waals surface area contributed by atoms with Crippen molar-refractivity contribution in [3.8, 4) is 6.07 Å². The maximum atomic E-state index is 10.6. The average Bonchev–Trinajstić information content (AvgIpc) is 2.33. The van der Waals surface area contributed by atoms with Gasteiger partial charge in [-0.05, 0) is 30.7 Å². The Morgan fingerprint density at radius 2 is 2.24 bits per heavy atom. The molecule has 1 aromatic rings. The SMILES string of the molecule is CC(=O)NCCCNCc1cccc(C#N)c1. The quantitative estimate of drug-likeness (QED) is 0.722. The van der Waals surface area contributed by atoms with Gasteiger partial charge in [-0.25, -0.2) is 0 Å². The zero-order valence-electron chi connectivity index (χ0n) is 9.99. The number of nitrogens with one attached hydrogen (secondary N) is 2. The van der Waals surface area contributed by atoms with Crippen LogP contribution in [0.4, 0.5) is 0 Å². The molecule has 1 amide bonds. The molecule has 0 aromatic heterocycles. The number of amides is 1. The van der Waals surface area contributed by atoms with E-state index >= 15 is 0 Å². The van der Waals surface area contributed by atoms with Gasteiger partial charge in [-0.1, -0.05) is 12.1 Å². The largest absolute Gasteiger partial charge is 0.356 e. The second-order valence-electron chi connectivity index (χ2n) is 3.83.